The minimum atomic E-state index is -0.121. The van der Waals surface area contributed by atoms with Crippen LogP contribution in [0.3, 0.4) is 0 Å². The number of nitrogens with zero attached hydrogens (tertiary/aromatic N) is 3. The van der Waals surface area contributed by atoms with Crippen LogP contribution in [0.2, 0.25) is 5.02 Å². The van der Waals surface area contributed by atoms with E-state index in [1.807, 2.05) is 24.3 Å². The number of amides is 2. The Bertz CT molecular complexity index is 731. The molecular formula is C17H21ClN4O2. The number of aromatic nitrogens is 2. The summed E-state index contributed by atoms with van der Waals surface area (Å²) in [4.78, 5) is 14.3. The molecule has 1 N–H and O–H groups in total. The van der Waals surface area contributed by atoms with Crippen molar-refractivity contribution in [3.8, 4) is 5.75 Å². The Kier molecular flexibility index (Phi) is 4.94. The van der Waals surface area contributed by atoms with E-state index in [2.05, 4.69) is 10.4 Å². The maximum atomic E-state index is 12.5. The number of rotatable bonds is 4. The topological polar surface area (TPSA) is 59.4 Å². The van der Waals surface area contributed by atoms with E-state index in [0.717, 1.165) is 25.9 Å². The van der Waals surface area contributed by atoms with Crippen LogP contribution in [0, 0.1) is 5.92 Å². The molecular weight excluding hydrogens is 328 g/mol. The third kappa shape index (κ3) is 3.64. The zero-order valence-corrected chi connectivity index (χ0v) is 14.6. The second-order valence-electron chi connectivity index (χ2n) is 6.08. The van der Waals surface area contributed by atoms with Crippen LogP contribution in [0.15, 0.2) is 30.6 Å². The molecule has 2 heterocycles. The maximum Gasteiger partial charge on any atom is 0.321 e. The van der Waals surface area contributed by atoms with E-state index in [-0.39, 0.29) is 6.03 Å². The van der Waals surface area contributed by atoms with E-state index in [0.29, 0.717) is 22.4 Å². The van der Waals surface area contributed by atoms with Crippen LogP contribution in [0.1, 0.15) is 12.0 Å². The van der Waals surface area contributed by atoms with Gasteiger partial charge in [-0.25, -0.2) is 4.79 Å². The summed E-state index contributed by atoms with van der Waals surface area (Å²) in [5, 5.41) is 7.57. The SMILES string of the molecule is COc1c(Cl)cccc1NC(=O)N1CC[C@@H](Cc2cnn(C)c2)C1. The average molecular weight is 349 g/mol. The highest BCUT2D eigenvalue weighted by Gasteiger charge is 2.27. The van der Waals surface area contributed by atoms with Crippen LogP contribution in [0.4, 0.5) is 10.5 Å². The minimum absolute atomic E-state index is 0.121. The fourth-order valence-corrected chi connectivity index (χ4v) is 3.36. The largest absolute Gasteiger partial charge is 0.493 e. The standard InChI is InChI=1S/C17H21ClN4O2/c1-21-10-13(9-19-21)8-12-6-7-22(11-12)17(23)20-15-5-3-4-14(18)16(15)24-2/h3-5,9-10,12H,6-8,11H2,1-2H3,(H,20,23)/t12-/m0/s1. The van der Waals surface area contributed by atoms with Crippen LogP contribution >= 0.6 is 11.6 Å². The number of nitrogens with one attached hydrogen (secondary N) is 1. The number of carbonyl (C=O) groups excluding carboxylic acids is 1. The molecule has 0 aliphatic carbocycles. The molecule has 128 valence electrons. The number of para-hydroxylation sites is 1. The van der Waals surface area contributed by atoms with Gasteiger partial charge in [-0.05, 0) is 36.5 Å². The summed E-state index contributed by atoms with van der Waals surface area (Å²) in [6.07, 6.45) is 5.85. The van der Waals surface area contributed by atoms with E-state index in [9.17, 15) is 4.79 Å². The molecule has 3 rings (SSSR count). The summed E-state index contributed by atoms with van der Waals surface area (Å²) in [6, 6.07) is 5.18. The summed E-state index contributed by atoms with van der Waals surface area (Å²) in [5.41, 5.74) is 1.80. The monoisotopic (exact) mass is 348 g/mol. The molecule has 1 saturated heterocycles. The Balaban J connectivity index is 1.60. The van der Waals surface area contributed by atoms with Crippen LogP contribution < -0.4 is 10.1 Å². The van der Waals surface area contributed by atoms with Gasteiger partial charge in [-0.3, -0.25) is 4.68 Å². The molecule has 0 saturated carbocycles. The lowest BCUT2D eigenvalue weighted by atomic mass is 10.0. The summed E-state index contributed by atoms with van der Waals surface area (Å²) in [7, 11) is 3.45. The van der Waals surface area contributed by atoms with Crippen LogP contribution in [-0.2, 0) is 13.5 Å². The van der Waals surface area contributed by atoms with Gasteiger partial charge in [-0.1, -0.05) is 17.7 Å². The number of anilines is 1. The van der Waals surface area contributed by atoms with E-state index in [4.69, 9.17) is 16.3 Å². The Hall–Kier alpha value is -2.21. The Morgan fingerprint density at radius 2 is 2.33 bits per heavy atom. The number of aryl methyl sites for hydroxylation is 1. The Morgan fingerprint density at radius 1 is 1.50 bits per heavy atom. The summed E-state index contributed by atoms with van der Waals surface area (Å²) >= 11 is 6.09. The zero-order valence-electron chi connectivity index (χ0n) is 13.8. The van der Waals surface area contributed by atoms with Gasteiger partial charge in [-0.2, -0.15) is 5.10 Å². The van der Waals surface area contributed by atoms with Gasteiger partial charge in [0.2, 0.25) is 0 Å². The van der Waals surface area contributed by atoms with Gasteiger partial charge in [-0.15, -0.1) is 0 Å². The quantitative estimate of drug-likeness (QED) is 0.923. The zero-order chi connectivity index (χ0) is 17.1. The minimum Gasteiger partial charge on any atom is -0.493 e. The Morgan fingerprint density at radius 3 is 3.04 bits per heavy atom. The molecule has 1 aromatic carbocycles. The molecule has 1 atom stereocenters. The normalized spacial score (nSPS) is 17.1. The molecule has 6 nitrogen and oxygen atoms in total. The van der Waals surface area contributed by atoms with E-state index in [1.165, 1.54) is 12.7 Å². The van der Waals surface area contributed by atoms with Crippen molar-refractivity contribution < 1.29 is 9.53 Å². The highest BCUT2D eigenvalue weighted by atomic mass is 35.5. The summed E-state index contributed by atoms with van der Waals surface area (Å²) in [6.45, 7) is 1.49. The fraction of sp³-hybridized carbons (Fsp3) is 0.412. The predicted molar refractivity (Wildman–Crippen MR) is 93.6 cm³/mol. The van der Waals surface area contributed by atoms with Crippen LogP contribution in [0.25, 0.3) is 0 Å². The summed E-state index contributed by atoms with van der Waals surface area (Å²) < 4.78 is 7.07. The first-order valence-electron chi connectivity index (χ1n) is 7.92. The molecule has 0 bridgehead atoms. The predicted octanol–water partition coefficient (Wildman–Crippen LogP) is 3.18. The molecule has 2 aromatic rings. The van der Waals surface area contributed by atoms with Gasteiger partial charge in [0, 0.05) is 26.3 Å². The number of likely N-dealkylation sites (tertiary alicyclic amines) is 1. The highest BCUT2D eigenvalue weighted by molar-refractivity contribution is 6.32. The molecule has 0 radical (unpaired) electrons. The van der Waals surface area contributed by atoms with Crippen molar-refractivity contribution >= 4 is 23.3 Å². The van der Waals surface area contributed by atoms with Crippen molar-refractivity contribution in [3.63, 3.8) is 0 Å². The van der Waals surface area contributed by atoms with Gasteiger partial charge in [0.25, 0.3) is 0 Å². The maximum absolute atomic E-state index is 12.5. The van der Waals surface area contributed by atoms with Gasteiger partial charge >= 0.3 is 6.03 Å². The first kappa shape index (κ1) is 16.6. The number of urea groups is 1. The molecule has 1 aliphatic rings. The van der Waals surface area contributed by atoms with Crippen LogP contribution in [-0.4, -0.2) is 40.9 Å². The van der Waals surface area contributed by atoms with Crippen molar-refractivity contribution in [2.75, 3.05) is 25.5 Å². The average Bonchev–Trinajstić information content (AvgIpc) is 3.17. The van der Waals surface area contributed by atoms with E-state index < -0.39 is 0 Å². The van der Waals surface area contributed by atoms with Crippen molar-refractivity contribution in [2.45, 2.75) is 12.8 Å². The summed E-state index contributed by atoms with van der Waals surface area (Å²) in [5.74, 6) is 0.944. The van der Waals surface area contributed by atoms with Gasteiger partial charge < -0.3 is 15.0 Å². The number of benzene rings is 1. The van der Waals surface area contributed by atoms with Crippen LogP contribution in [0.5, 0.6) is 5.75 Å². The second kappa shape index (κ2) is 7.13. The van der Waals surface area contributed by atoms with Crippen molar-refractivity contribution in [2.24, 2.45) is 13.0 Å². The number of methoxy groups -OCH3 is 1. The van der Waals surface area contributed by atoms with Crippen molar-refractivity contribution in [1.82, 2.24) is 14.7 Å². The fourth-order valence-electron chi connectivity index (χ4n) is 3.10. The molecule has 0 unspecified atom stereocenters. The molecule has 24 heavy (non-hydrogen) atoms. The number of ether oxygens (including phenoxy) is 1. The number of halogens is 1. The van der Waals surface area contributed by atoms with Crippen molar-refractivity contribution in [3.05, 3.63) is 41.2 Å². The van der Waals surface area contributed by atoms with E-state index in [1.54, 1.807) is 22.9 Å². The van der Waals surface area contributed by atoms with Crippen molar-refractivity contribution in [1.29, 1.82) is 0 Å². The van der Waals surface area contributed by atoms with E-state index >= 15 is 0 Å². The molecule has 0 spiro atoms. The Labute approximate surface area is 146 Å². The molecule has 1 aliphatic heterocycles. The lowest BCUT2D eigenvalue weighted by Crippen LogP contribution is -2.33. The lowest BCUT2D eigenvalue weighted by Gasteiger charge is -2.19. The molecule has 1 aromatic heterocycles. The number of carbonyl (C=O) groups is 1. The number of hydrogen-bond donors (Lipinski definition) is 1. The second-order valence-corrected chi connectivity index (χ2v) is 6.49. The molecule has 1 fully saturated rings. The van der Waals surface area contributed by atoms with Gasteiger partial charge in [0.05, 0.1) is 24.0 Å². The molecule has 2 amide bonds. The molecule has 7 heteroatoms. The third-order valence-corrected chi connectivity index (χ3v) is 4.57. The van der Waals surface area contributed by atoms with Gasteiger partial charge in [0.15, 0.2) is 5.75 Å². The first-order chi connectivity index (χ1) is 11.6. The number of hydrogen-bond acceptors (Lipinski definition) is 3. The lowest BCUT2D eigenvalue weighted by molar-refractivity contribution is 0.220. The smallest absolute Gasteiger partial charge is 0.321 e. The van der Waals surface area contributed by atoms with Gasteiger partial charge in [0.1, 0.15) is 0 Å². The highest BCUT2D eigenvalue weighted by Crippen LogP contribution is 2.33. The first-order valence-corrected chi connectivity index (χ1v) is 8.30. The third-order valence-electron chi connectivity index (χ3n) is 4.27.